The van der Waals surface area contributed by atoms with Crippen molar-refractivity contribution < 1.29 is 4.39 Å². The number of hydrogen-bond donors (Lipinski definition) is 1. The molecule has 0 aliphatic heterocycles. The summed E-state index contributed by atoms with van der Waals surface area (Å²) in [6.45, 7) is 0. The monoisotopic (exact) mass is 319 g/mol. The third-order valence-electron chi connectivity index (χ3n) is 2.20. The molecule has 16 heavy (non-hydrogen) atoms. The van der Waals surface area contributed by atoms with Gasteiger partial charge in [0, 0.05) is 14.9 Å². The number of hydrogen-bond acceptors (Lipinski definition) is 2. The van der Waals surface area contributed by atoms with E-state index >= 15 is 0 Å². The van der Waals surface area contributed by atoms with Gasteiger partial charge < -0.3 is 5.73 Å². The molecule has 5 heteroatoms. The van der Waals surface area contributed by atoms with Crippen LogP contribution < -0.4 is 5.73 Å². The van der Waals surface area contributed by atoms with E-state index in [2.05, 4.69) is 15.9 Å². The second-order valence-corrected chi connectivity index (χ2v) is 5.95. The zero-order valence-corrected chi connectivity index (χ0v) is 11.2. The molecule has 0 saturated heterocycles. The summed E-state index contributed by atoms with van der Waals surface area (Å²) in [7, 11) is 0. The lowest BCUT2D eigenvalue weighted by atomic mass is 10.1. The summed E-state index contributed by atoms with van der Waals surface area (Å²) in [5, 5.41) is 0. The minimum absolute atomic E-state index is 0.314. The molecule has 0 amide bonds. The molecule has 2 aromatic rings. The first-order valence-corrected chi connectivity index (χ1v) is 6.52. The van der Waals surface area contributed by atoms with Crippen LogP contribution in [0.3, 0.4) is 0 Å². The van der Waals surface area contributed by atoms with E-state index in [0.29, 0.717) is 14.4 Å². The average Bonchev–Trinajstić information content (AvgIpc) is 2.64. The van der Waals surface area contributed by atoms with Gasteiger partial charge in [-0.3, -0.25) is 0 Å². The molecule has 1 heterocycles. The Morgan fingerprint density at radius 2 is 2.06 bits per heavy atom. The number of thiophene rings is 1. The second kappa shape index (κ2) is 4.84. The first-order chi connectivity index (χ1) is 7.58. The van der Waals surface area contributed by atoms with Crippen molar-refractivity contribution in [3.63, 3.8) is 0 Å². The molecule has 1 aromatic heterocycles. The molecule has 84 valence electrons. The van der Waals surface area contributed by atoms with Crippen LogP contribution in [0.25, 0.3) is 0 Å². The lowest BCUT2D eigenvalue weighted by Gasteiger charge is -2.11. The fraction of sp³-hybridized carbons (Fsp3) is 0.0909. The van der Waals surface area contributed by atoms with Gasteiger partial charge in [0.25, 0.3) is 0 Å². The van der Waals surface area contributed by atoms with Gasteiger partial charge in [0.05, 0.1) is 10.4 Å². The normalized spacial score (nSPS) is 12.8. The molecule has 0 fully saturated rings. The van der Waals surface area contributed by atoms with E-state index in [1.807, 2.05) is 6.07 Å². The van der Waals surface area contributed by atoms with E-state index < -0.39 is 6.04 Å². The maximum absolute atomic E-state index is 13.7. The Hall–Kier alpha value is -0.420. The fourth-order valence-corrected chi connectivity index (χ4v) is 2.82. The highest BCUT2D eigenvalue weighted by atomic mass is 79.9. The number of nitrogens with two attached hydrogens (primary N) is 1. The van der Waals surface area contributed by atoms with Crippen molar-refractivity contribution in [2.45, 2.75) is 6.04 Å². The number of benzene rings is 1. The van der Waals surface area contributed by atoms with Crippen molar-refractivity contribution >= 4 is 38.9 Å². The third-order valence-corrected chi connectivity index (χ3v) is 4.01. The Bertz CT molecular complexity index is 514. The van der Waals surface area contributed by atoms with Crippen LogP contribution in [0.5, 0.6) is 0 Å². The van der Waals surface area contributed by atoms with Crippen LogP contribution in [-0.4, -0.2) is 0 Å². The summed E-state index contributed by atoms with van der Waals surface area (Å²) in [4.78, 5) is 0.853. The molecule has 2 rings (SSSR count). The first kappa shape index (κ1) is 12.0. The van der Waals surface area contributed by atoms with Crippen LogP contribution >= 0.6 is 38.9 Å². The summed E-state index contributed by atoms with van der Waals surface area (Å²) in [6, 6.07) is 7.97. The van der Waals surface area contributed by atoms with E-state index in [1.54, 1.807) is 18.2 Å². The van der Waals surface area contributed by atoms with E-state index in [0.717, 1.165) is 4.88 Å². The number of rotatable bonds is 2. The summed E-state index contributed by atoms with van der Waals surface area (Å²) < 4.78 is 15.0. The van der Waals surface area contributed by atoms with Crippen LogP contribution in [0, 0.1) is 5.82 Å². The van der Waals surface area contributed by atoms with Gasteiger partial charge in [-0.1, -0.05) is 33.6 Å². The highest BCUT2D eigenvalue weighted by molar-refractivity contribution is 9.10. The minimum atomic E-state index is -0.467. The van der Waals surface area contributed by atoms with Crippen molar-refractivity contribution in [2.75, 3.05) is 0 Å². The Morgan fingerprint density at radius 3 is 2.62 bits per heavy atom. The first-order valence-electron chi connectivity index (χ1n) is 4.53. The second-order valence-electron chi connectivity index (χ2n) is 3.29. The highest BCUT2D eigenvalue weighted by Crippen LogP contribution is 2.31. The largest absolute Gasteiger partial charge is 0.320 e. The van der Waals surface area contributed by atoms with E-state index in [4.69, 9.17) is 17.3 Å². The zero-order valence-electron chi connectivity index (χ0n) is 8.08. The Morgan fingerprint density at radius 1 is 1.31 bits per heavy atom. The summed E-state index contributed by atoms with van der Waals surface area (Å²) in [5.41, 5.74) is 6.45. The van der Waals surface area contributed by atoms with Crippen LogP contribution in [0.15, 0.2) is 34.8 Å². The van der Waals surface area contributed by atoms with E-state index in [9.17, 15) is 4.39 Å². The van der Waals surface area contributed by atoms with Crippen LogP contribution in [0.1, 0.15) is 16.5 Å². The summed E-state index contributed by atoms with van der Waals surface area (Å²) >= 11 is 10.4. The molecule has 0 saturated carbocycles. The standard InChI is InChI=1S/C11H8BrClFNS/c12-6-1-2-7(8(14)5-6)11(15)9-3-4-10(13)16-9/h1-5,11H,15H2. The summed E-state index contributed by atoms with van der Waals surface area (Å²) in [5.74, 6) is -0.314. The molecule has 0 spiro atoms. The topological polar surface area (TPSA) is 26.0 Å². The van der Waals surface area contributed by atoms with Gasteiger partial charge in [0.2, 0.25) is 0 Å². The molecular weight excluding hydrogens is 313 g/mol. The maximum atomic E-state index is 13.7. The van der Waals surface area contributed by atoms with Crippen LogP contribution in [0.4, 0.5) is 4.39 Å². The predicted octanol–water partition coefficient (Wildman–Crippen LogP) is 4.35. The fourth-order valence-electron chi connectivity index (χ4n) is 1.40. The molecule has 0 bridgehead atoms. The molecular formula is C11H8BrClFNS. The van der Waals surface area contributed by atoms with Crippen molar-refractivity contribution in [1.29, 1.82) is 0 Å². The Kier molecular flexibility index (Phi) is 3.64. The molecule has 1 aromatic carbocycles. The predicted molar refractivity (Wildman–Crippen MR) is 69.5 cm³/mol. The van der Waals surface area contributed by atoms with Gasteiger partial charge in [-0.15, -0.1) is 11.3 Å². The van der Waals surface area contributed by atoms with Crippen molar-refractivity contribution in [3.8, 4) is 0 Å². The minimum Gasteiger partial charge on any atom is -0.320 e. The van der Waals surface area contributed by atoms with E-state index in [1.165, 1.54) is 17.4 Å². The molecule has 0 radical (unpaired) electrons. The van der Waals surface area contributed by atoms with Crippen LogP contribution in [-0.2, 0) is 0 Å². The SMILES string of the molecule is NC(c1ccc(Cl)s1)c1ccc(Br)cc1F. The van der Waals surface area contributed by atoms with Crippen molar-refractivity contribution in [1.82, 2.24) is 0 Å². The van der Waals surface area contributed by atoms with E-state index in [-0.39, 0.29) is 5.82 Å². The Labute approximate surface area is 110 Å². The van der Waals surface area contributed by atoms with Crippen LogP contribution in [0.2, 0.25) is 4.34 Å². The Balaban J connectivity index is 2.37. The number of halogens is 3. The van der Waals surface area contributed by atoms with Gasteiger partial charge in [0.1, 0.15) is 5.82 Å². The third kappa shape index (κ3) is 2.46. The van der Waals surface area contributed by atoms with Gasteiger partial charge in [-0.25, -0.2) is 4.39 Å². The lowest BCUT2D eigenvalue weighted by molar-refractivity contribution is 0.600. The summed E-state index contributed by atoms with van der Waals surface area (Å²) in [6.07, 6.45) is 0. The van der Waals surface area contributed by atoms with Crippen molar-refractivity contribution in [3.05, 3.63) is 55.4 Å². The maximum Gasteiger partial charge on any atom is 0.129 e. The van der Waals surface area contributed by atoms with Gasteiger partial charge >= 0.3 is 0 Å². The molecule has 0 aliphatic carbocycles. The van der Waals surface area contributed by atoms with Gasteiger partial charge in [-0.05, 0) is 24.3 Å². The quantitative estimate of drug-likeness (QED) is 0.874. The molecule has 0 aliphatic rings. The van der Waals surface area contributed by atoms with Crippen molar-refractivity contribution in [2.24, 2.45) is 5.73 Å². The molecule has 1 nitrogen and oxygen atoms in total. The lowest BCUT2D eigenvalue weighted by Crippen LogP contribution is -2.11. The highest BCUT2D eigenvalue weighted by Gasteiger charge is 2.15. The zero-order chi connectivity index (χ0) is 11.7. The van der Waals surface area contributed by atoms with Gasteiger partial charge in [0.15, 0.2) is 0 Å². The smallest absolute Gasteiger partial charge is 0.129 e. The molecule has 2 N–H and O–H groups in total. The molecule has 1 unspecified atom stereocenters. The molecule has 1 atom stereocenters. The van der Waals surface area contributed by atoms with Gasteiger partial charge in [-0.2, -0.15) is 0 Å². The average molecular weight is 321 g/mol.